The number of esters is 1. The molecule has 136 valence electrons. The molecule has 3 rings (SSSR count). The van der Waals surface area contributed by atoms with Crippen LogP contribution in [0.2, 0.25) is 0 Å². The molecule has 0 atom stereocenters. The molecule has 0 spiro atoms. The number of aryl methyl sites for hydroxylation is 2. The van der Waals surface area contributed by atoms with Crippen LogP contribution in [0.25, 0.3) is 10.2 Å². The van der Waals surface area contributed by atoms with Crippen LogP contribution in [0.1, 0.15) is 39.1 Å². The summed E-state index contributed by atoms with van der Waals surface area (Å²) in [4.78, 5) is 22.5. The van der Waals surface area contributed by atoms with E-state index in [1.807, 2.05) is 38.1 Å². The Balaban J connectivity index is 1.98. The van der Waals surface area contributed by atoms with Crippen LogP contribution >= 0.6 is 11.3 Å². The number of nitrogens with one attached hydrogen (secondary N) is 1. The van der Waals surface area contributed by atoms with Gasteiger partial charge in [-0.15, -0.1) is 11.3 Å². The number of ether oxygens (including phenoxy) is 1. The van der Waals surface area contributed by atoms with Crippen molar-refractivity contribution in [2.75, 3.05) is 11.9 Å². The molecule has 0 aliphatic rings. The molecule has 1 aromatic carbocycles. The lowest BCUT2D eigenvalue weighted by molar-refractivity contribution is 0.0531. The van der Waals surface area contributed by atoms with E-state index in [1.54, 1.807) is 6.92 Å². The van der Waals surface area contributed by atoms with Crippen molar-refractivity contribution in [2.45, 2.75) is 33.9 Å². The van der Waals surface area contributed by atoms with Crippen molar-refractivity contribution in [2.24, 2.45) is 0 Å². The second-order valence-corrected chi connectivity index (χ2v) is 6.86. The van der Waals surface area contributed by atoms with Gasteiger partial charge in [-0.05, 0) is 37.5 Å². The van der Waals surface area contributed by atoms with Gasteiger partial charge < -0.3 is 15.2 Å². The van der Waals surface area contributed by atoms with Gasteiger partial charge in [0.1, 0.15) is 21.3 Å². The molecule has 6 nitrogen and oxygen atoms in total. The van der Waals surface area contributed by atoms with Crippen LogP contribution in [0.3, 0.4) is 0 Å². The molecule has 0 saturated carbocycles. The molecular weight excluding hydrogens is 350 g/mol. The fourth-order valence-corrected chi connectivity index (χ4v) is 3.95. The molecule has 0 fully saturated rings. The molecule has 0 aliphatic heterocycles. The second kappa shape index (κ2) is 7.80. The molecule has 26 heavy (non-hydrogen) atoms. The fraction of sp³-hybridized carbons (Fsp3) is 0.316. The first kappa shape index (κ1) is 18.3. The first-order valence-corrected chi connectivity index (χ1v) is 9.23. The average Bonchev–Trinajstić information content (AvgIpc) is 2.96. The van der Waals surface area contributed by atoms with Crippen molar-refractivity contribution in [1.29, 1.82) is 0 Å². The molecule has 2 heterocycles. The largest absolute Gasteiger partial charge is 0.462 e. The van der Waals surface area contributed by atoms with Gasteiger partial charge in [0.2, 0.25) is 0 Å². The minimum absolute atomic E-state index is 0.0133. The molecule has 3 aromatic rings. The number of carbonyl (C=O) groups is 1. The van der Waals surface area contributed by atoms with Gasteiger partial charge in [0.05, 0.1) is 18.6 Å². The van der Waals surface area contributed by atoms with E-state index >= 15 is 0 Å². The molecule has 0 radical (unpaired) electrons. The Hall–Kier alpha value is -2.51. The minimum Gasteiger partial charge on any atom is -0.462 e. The lowest BCUT2D eigenvalue weighted by Gasteiger charge is -2.11. The maximum Gasteiger partial charge on any atom is 0.348 e. The standard InChI is InChI=1S/C19H21N3O3S/c1-4-25-19(24)16-11(2)15-17(21-12(3)22-18(15)26-16)20-9-13-7-5-6-8-14(13)10-23/h5-8,23H,4,9-10H2,1-3H3,(H,20,21,22). The predicted octanol–water partition coefficient (Wildman–Crippen LogP) is 3.59. The summed E-state index contributed by atoms with van der Waals surface area (Å²) in [6.45, 7) is 6.34. The van der Waals surface area contributed by atoms with E-state index in [4.69, 9.17) is 4.74 Å². The van der Waals surface area contributed by atoms with Crippen molar-refractivity contribution in [3.8, 4) is 0 Å². The van der Waals surface area contributed by atoms with E-state index < -0.39 is 0 Å². The molecule has 0 amide bonds. The van der Waals surface area contributed by atoms with Gasteiger partial charge in [0, 0.05) is 6.54 Å². The van der Waals surface area contributed by atoms with Crippen LogP contribution in [0.15, 0.2) is 24.3 Å². The van der Waals surface area contributed by atoms with E-state index in [0.29, 0.717) is 29.7 Å². The SMILES string of the molecule is CCOC(=O)c1sc2nc(C)nc(NCc3ccccc3CO)c2c1C. The van der Waals surface area contributed by atoms with E-state index in [1.165, 1.54) is 11.3 Å². The number of anilines is 1. The molecule has 0 aliphatic carbocycles. The second-order valence-electron chi connectivity index (χ2n) is 5.86. The highest BCUT2D eigenvalue weighted by Crippen LogP contribution is 2.34. The number of rotatable bonds is 6. The van der Waals surface area contributed by atoms with Crippen LogP contribution in [-0.4, -0.2) is 27.7 Å². The van der Waals surface area contributed by atoms with Gasteiger partial charge in [-0.1, -0.05) is 24.3 Å². The zero-order valence-electron chi connectivity index (χ0n) is 15.0. The Bertz CT molecular complexity index is 953. The maximum atomic E-state index is 12.2. The lowest BCUT2D eigenvalue weighted by atomic mass is 10.1. The molecular formula is C19H21N3O3S. The summed E-state index contributed by atoms with van der Waals surface area (Å²) in [5, 5.41) is 13.7. The normalized spacial score (nSPS) is 10.9. The Morgan fingerprint density at radius 3 is 2.65 bits per heavy atom. The van der Waals surface area contributed by atoms with E-state index in [9.17, 15) is 9.90 Å². The summed E-state index contributed by atoms with van der Waals surface area (Å²) in [6, 6.07) is 7.70. The van der Waals surface area contributed by atoms with Crippen molar-refractivity contribution in [1.82, 2.24) is 9.97 Å². The number of hydrogen-bond donors (Lipinski definition) is 2. The number of fused-ring (bicyclic) bond motifs is 1. The number of thiophene rings is 1. The summed E-state index contributed by atoms with van der Waals surface area (Å²) >= 11 is 1.32. The van der Waals surface area contributed by atoms with Crippen LogP contribution < -0.4 is 5.32 Å². The maximum absolute atomic E-state index is 12.2. The summed E-state index contributed by atoms with van der Waals surface area (Å²) in [5.74, 6) is 0.985. The first-order valence-electron chi connectivity index (χ1n) is 8.41. The summed E-state index contributed by atoms with van der Waals surface area (Å²) in [6.07, 6.45) is 0. The van der Waals surface area contributed by atoms with Crippen molar-refractivity contribution in [3.63, 3.8) is 0 Å². The third-order valence-corrected chi connectivity index (χ3v) is 5.26. The topological polar surface area (TPSA) is 84.3 Å². The smallest absolute Gasteiger partial charge is 0.348 e. The molecule has 2 N–H and O–H groups in total. The van der Waals surface area contributed by atoms with Gasteiger partial charge >= 0.3 is 5.97 Å². The highest BCUT2D eigenvalue weighted by Gasteiger charge is 2.20. The highest BCUT2D eigenvalue weighted by molar-refractivity contribution is 7.20. The minimum atomic E-state index is -0.331. The third kappa shape index (κ3) is 3.54. The molecule has 0 saturated heterocycles. The van der Waals surface area contributed by atoms with Crippen molar-refractivity contribution < 1.29 is 14.6 Å². The summed E-state index contributed by atoms with van der Waals surface area (Å²) < 4.78 is 5.14. The van der Waals surface area contributed by atoms with Crippen LogP contribution in [0.4, 0.5) is 5.82 Å². The zero-order chi connectivity index (χ0) is 18.7. The predicted molar refractivity (Wildman–Crippen MR) is 103 cm³/mol. The molecule has 7 heteroatoms. The summed E-state index contributed by atoms with van der Waals surface area (Å²) in [5.41, 5.74) is 2.69. The van der Waals surface area contributed by atoms with Gasteiger partial charge in [0.15, 0.2) is 0 Å². The van der Waals surface area contributed by atoms with Crippen LogP contribution in [0, 0.1) is 13.8 Å². The van der Waals surface area contributed by atoms with Crippen LogP contribution in [-0.2, 0) is 17.9 Å². The Kier molecular flexibility index (Phi) is 5.49. The van der Waals surface area contributed by atoms with E-state index in [2.05, 4.69) is 15.3 Å². The Morgan fingerprint density at radius 1 is 1.23 bits per heavy atom. The summed E-state index contributed by atoms with van der Waals surface area (Å²) in [7, 11) is 0. The molecule has 0 unspecified atom stereocenters. The van der Waals surface area contributed by atoms with E-state index in [-0.39, 0.29) is 12.6 Å². The monoisotopic (exact) mass is 371 g/mol. The number of aliphatic hydroxyl groups is 1. The van der Waals surface area contributed by atoms with Gasteiger partial charge in [0.25, 0.3) is 0 Å². The van der Waals surface area contributed by atoms with Crippen molar-refractivity contribution in [3.05, 3.63) is 51.7 Å². The first-order chi connectivity index (χ1) is 12.5. The van der Waals surface area contributed by atoms with Crippen molar-refractivity contribution >= 4 is 33.3 Å². The number of benzene rings is 1. The number of nitrogens with zero attached hydrogens (tertiary/aromatic N) is 2. The quantitative estimate of drug-likeness (QED) is 0.644. The van der Waals surface area contributed by atoms with Gasteiger partial charge in [-0.2, -0.15) is 0 Å². The number of carbonyl (C=O) groups excluding carboxylic acids is 1. The number of aliphatic hydroxyl groups excluding tert-OH is 1. The van der Waals surface area contributed by atoms with Gasteiger partial charge in [-0.3, -0.25) is 0 Å². The number of aromatic nitrogens is 2. The van der Waals surface area contributed by atoms with Gasteiger partial charge in [-0.25, -0.2) is 14.8 Å². The Labute approximate surface area is 155 Å². The zero-order valence-corrected chi connectivity index (χ0v) is 15.8. The Morgan fingerprint density at radius 2 is 1.96 bits per heavy atom. The van der Waals surface area contributed by atoms with E-state index in [0.717, 1.165) is 26.9 Å². The fourth-order valence-electron chi connectivity index (χ4n) is 2.83. The highest BCUT2D eigenvalue weighted by atomic mass is 32.1. The number of hydrogen-bond acceptors (Lipinski definition) is 7. The third-order valence-electron chi connectivity index (χ3n) is 4.10. The van der Waals surface area contributed by atoms with Crippen LogP contribution in [0.5, 0.6) is 0 Å². The molecule has 0 bridgehead atoms. The average molecular weight is 371 g/mol. The lowest BCUT2D eigenvalue weighted by Crippen LogP contribution is -2.06. The molecule has 2 aromatic heterocycles.